The molecule has 216 valence electrons. The van der Waals surface area contributed by atoms with Crippen molar-refractivity contribution in [2.75, 3.05) is 5.73 Å². The highest BCUT2D eigenvalue weighted by atomic mass is 14.7. The van der Waals surface area contributed by atoms with E-state index in [0.29, 0.717) is 0 Å². The average molecular weight is 587 g/mol. The molecule has 9 aromatic rings. The fourth-order valence-corrected chi connectivity index (χ4v) is 7.38. The molecule has 0 amide bonds. The molecule has 0 fully saturated rings. The Morgan fingerprint density at radius 1 is 0.348 bits per heavy atom. The molecule has 0 bridgehead atoms. The Hall–Kier alpha value is -6.12. The molecule has 0 aliphatic heterocycles. The van der Waals surface area contributed by atoms with Crippen LogP contribution in [0.15, 0.2) is 164 Å². The zero-order valence-corrected chi connectivity index (χ0v) is 25.2. The summed E-state index contributed by atoms with van der Waals surface area (Å²) in [6.07, 6.45) is 0. The summed E-state index contributed by atoms with van der Waals surface area (Å²) in [7, 11) is 0. The van der Waals surface area contributed by atoms with Crippen LogP contribution in [0.1, 0.15) is 0 Å². The van der Waals surface area contributed by atoms with Crippen LogP contribution in [0.2, 0.25) is 0 Å². The standard InChI is InChI=1S/C44H30N2/c45-38-25-26-40-44(36-21-11-12-22-39(36)46-40)43(38)32-18-8-7-17-31(32)30-23-24-35-37(27-30)42(29-15-5-2-6-16-29)34-20-10-9-19-33(34)41(35)28-13-3-1-4-14-28/h1-27,46H,45H2. The minimum atomic E-state index is 0.771. The van der Waals surface area contributed by atoms with Crippen molar-refractivity contribution in [1.29, 1.82) is 0 Å². The Morgan fingerprint density at radius 3 is 1.59 bits per heavy atom. The Balaban J connectivity index is 1.38. The van der Waals surface area contributed by atoms with Gasteiger partial charge in [-0.05, 0) is 84.8 Å². The van der Waals surface area contributed by atoms with Gasteiger partial charge in [-0.25, -0.2) is 0 Å². The van der Waals surface area contributed by atoms with E-state index in [9.17, 15) is 0 Å². The van der Waals surface area contributed by atoms with E-state index in [4.69, 9.17) is 5.73 Å². The van der Waals surface area contributed by atoms with E-state index in [2.05, 4.69) is 163 Å². The van der Waals surface area contributed by atoms with Crippen LogP contribution < -0.4 is 5.73 Å². The number of H-pyrrole nitrogens is 1. The second kappa shape index (κ2) is 10.5. The molecule has 0 aliphatic carbocycles. The van der Waals surface area contributed by atoms with Crippen LogP contribution in [0.5, 0.6) is 0 Å². The van der Waals surface area contributed by atoms with Gasteiger partial charge >= 0.3 is 0 Å². The van der Waals surface area contributed by atoms with Crippen molar-refractivity contribution < 1.29 is 0 Å². The van der Waals surface area contributed by atoms with Gasteiger partial charge in [-0.15, -0.1) is 0 Å². The highest BCUT2D eigenvalue weighted by Crippen LogP contribution is 2.47. The number of nitrogens with one attached hydrogen (secondary N) is 1. The summed E-state index contributed by atoms with van der Waals surface area (Å²) in [5.41, 5.74) is 19.3. The van der Waals surface area contributed by atoms with Crippen LogP contribution in [0.25, 0.3) is 87.9 Å². The summed E-state index contributed by atoms with van der Waals surface area (Å²) in [4.78, 5) is 3.61. The van der Waals surface area contributed by atoms with Gasteiger partial charge in [0, 0.05) is 33.1 Å². The van der Waals surface area contributed by atoms with Crippen molar-refractivity contribution in [3.05, 3.63) is 164 Å². The average Bonchev–Trinajstić information content (AvgIpc) is 3.50. The lowest BCUT2D eigenvalue weighted by atomic mass is 9.84. The van der Waals surface area contributed by atoms with Gasteiger partial charge in [0.2, 0.25) is 0 Å². The lowest BCUT2D eigenvalue weighted by Gasteiger charge is -2.19. The quantitative estimate of drug-likeness (QED) is 0.156. The van der Waals surface area contributed by atoms with Crippen LogP contribution in [0.3, 0.4) is 0 Å². The number of aromatic nitrogens is 1. The third kappa shape index (κ3) is 4.04. The number of nitrogen functional groups attached to an aromatic ring is 1. The molecular weight excluding hydrogens is 556 g/mol. The summed E-state index contributed by atoms with van der Waals surface area (Å²) < 4.78 is 0. The smallest absolute Gasteiger partial charge is 0.0472 e. The molecule has 0 saturated carbocycles. The Morgan fingerprint density at radius 2 is 0.891 bits per heavy atom. The number of nitrogens with two attached hydrogens (primary N) is 1. The molecule has 0 aliphatic rings. The van der Waals surface area contributed by atoms with Crippen molar-refractivity contribution >= 4 is 49.0 Å². The van der Waals surface area contributed by atoms with E-state index in [-0.39, 0.29) is 0 Å². The second-order valence-electron chi connectivity index (χ2n) is 12.0. The number of rotatable bonds is 4. The zero-order valence-electron chi connectivity index (χ0n) is 25.2. The van der Waals surface area contributed by atoms with Crippen LogP contribution >= 0.6 is 0 Å². The van der Waals surface area contributed by atoms with Crippen LogP contribution in [0, 0.1) is 0 Å². The first kappa shape index (κ1) is 26.3. The molecule has 9 rings (SSSR count). The Bertz CT molecular complexity index is 2580. The number of para-hydroxylation sites is 1. The third-order valence-electron chi connectivity index (χ3n) is 9.36. The second-order valence-corrected chi connectivity index (χ2v) is 12.0. The number of hydrogen-bond donors (Lipinski definition) is 2. The van der Waals surface area contributed by atoms with Gasteiger partial charge in [0.1, 0.15) is 0 Å². The third-order valence-corrected chi connectivity index (χ3v) is 9.36. The summed E-state index contributed by atoms with van der Waals surface area (Å²) in [6.45, 7) is 0. The summed E-state index contributed by atoms with van der Waals surface area (Å²) in [6, 6.07) is 58.7. The normalized spacial score (nSPS) is 11.6. The maximum atomic E-state index is 6.84. The fraction of sp³-hybridized carbons (Fsp3) is 0. The molecular formula is C44H30N2. The first-order valence-electron chi connectivity index (χ1n) is 15.7. The van der Waals surface area contributed by atoms with Gasteiger partial charge < -0.3 is 10.7 Å². The van der Waals surface area contributed by atoms with Crippen molar-refractivity contribution in [3.8, 4) is 44.5 Å². The molecule has 3 N–H and O–H groups in total. The van der Waals surface area contributed by atoms with E-state index < -0.39 is 0 Å². The highest BCUT2D eigenvalue weighted by Gasteiger charge is 2.20. The molecule has 0 radical (unpaired) electrons. The predicted octanol–water partition coefficient (Wildman–Crippen LogP) is 11.9. The molecule has 46 heavy (non-hydrogen) atoms. The SMILES string of the molecule is Nc1ccc2[nH]c3ccccc3c2c1-c1ccccc1-c1ccc2c(-c3ccccc3)c3ccccc3c(-c3ccccc3)c2c1. The molecule has 0 saturated heterocycles. The number of aromatic amines is 1. The van der Waals surface area contributed by atoms with Crippen molar-refractivity contribution in [3.63, 3.8) is 0 Å². The molecule has 8 aromatic carbocycles. The summed E-state index contributed by atoms with van der Waals surface area (Å²) >= 11 is 0. The van der Waals surface area contributed by atoms with Gasteiger partial charge in [-0.1, -0.05) is 140 Å². The minimum absolute atomic E-state index is 0.771. The van der Waals surface area contributed by atoms with Crippen LogP contribution in [-0.4, -0.2) is 4.98 Å². The molecule has 2 heteroatoms. The van der Waals surface area contributed by atoms with Gasteiger partial charge in [-0.3, -0.25) is 0 Å². The molecule has 2 nitrogen and oxygen atoms in total. The van der Waals surface area contributed by atoms with Gasteiger partial charge in [0.05, 0.1) is 0 Å². The Labute approximate surface area is 267 Å². The van der Waals surface area contributed by atoms with Gasteiger partial charge in [0.25, 0.3) is 0 Å². The minimum Gasteiger partial charge on any atom is -0.398 e. The topological polar surface area (TPSA) is 41.8 Å². The number of anilines is 1. The zero-order chi connectivity index (χ0) is 30.6. The van der Waals surface area contributed by atoms with Gasteiger partial charge in [-0.2, -0.15) is 0 Å². The monoisotopic (exact) mass is 586 g/mol. The van der Waals surface area contributed by atoms with E-state index in [1.165, 1.54) is 49.2 Å². The maximum Gasteiger partial charge on any atom is 0.0472 e. The first-order chi connectivity index (χ1) is 22.8. The highest BCUT2D eigenvalue weighted by molar-refractivity contribution is 6.22. The number of hydrogen-bond acceptors (Lipinski definition) is 1. The maximum absolute atomic E-state index is 6.84. The van der Waals surface area contributed by atoms with E-state index in [1.807, 2.05) is 6.07 Å². The Kier molecular flexibility index (Phi) is 6.00. The van der Waals surface area contributed by atoms with Crippen LogP contribution in [0.4, 0.5) is 5.69 Å². The molecule has 0 spiro atoms. The number of benzene rings is 8. The first-order valence-corrected chi connectivity index (χ1v) is 15.7. The van der Waals surface area contributed by atoms with Crippen molar-refractivity contribution in [1.82, 2.24) is 4.98 Å². The predicted molar refractivity (Wildman–Crippen MR) is 197 cm³/mol. The summed E-state index contributed by atoms with van der Waals surface area (Å²) in [5, 5.41) is 7.31. The van der Waals surface area contributed by atoms with E-state index in [0.717, 1.165) is 44.4 Å². The van der Waals surface area contributed by atoms with E-state index in [1.54, 1.807) is 0 Å². The lowest BCUT2D eigenvalue weighted by molar-refractivity contribution is 1.54. The van der Waals surface area contributed by atoms with Crippen molar-refractivity contribution in [2.24, 2.45) is 0 Å². The largest absolute Gasteiger partial charge is 0.398 e. The number of fused-ring (bicyclic) bond motifs is 5. The molecule has 1 heterocycles. The molecule has 0 atom stereocenters. The van der Waals surface area contributed by atoms with Gasteiger partial charge in [0.15, 0.2) is 0 Å². The van der Waals surface area contributed by atoms with Crippen molar-refractivity contribution in [2.45, 2.75) is 0 Å². The lowest BCUT2D eigenvalue weighted by Crippen LogP contribution is -1.94. The molecule has 1 aromatic heterocycles. The van der Waals surface area contributed by atoms with E-state index >= 15 is 0 Å². The molecule has 0 unspecified atom stereocenters. The van der Waals surface area contributed by atoms with Crippen LogP contribution in [-0.2, 0) is 0 Å². The summed E-state index contributed by atoms with van der Waals surface area (Å²) in [5.74, 6) is 0. The fourth-order valence-electron chi connectivity index (χ4n) is 7.38.